The molecule has 0 bridgehead atoms. The van der Waals surface area contributed by atoms with Crippen LogP contribution in [0.4, 0.5) is 0 Å². The molecule has 1 atom stereocenters. The van der Waals surface area contributed by atoms with E-state index in [4.69, 9.17) is 10.5 Å². The van der Waals surface area contributed by atoms with E-state index in [9.17, 15) is 0 Å². The summed E-state index contributed by atoms with van der Waals surface area (Å²) in [6.45, 7) is 0. The topological polar surface area (TPSA) is 53.1 Å². The zero-order valence-corrected chi connectivity index (χ0v) is 9.76. The van der Waals surface area contributed by atoms with Crippen molar-refractivity contribution in [3.63, 3.8) is 0 Å². The molecule has 1 heterocycles. The second kappa shape index (κ2) is 3.89. The molecule has 0 saturated carbocycles. The molecule has 4 nitrogen and oxygen atoms in total. The molecular formula is C13H15N3O. The Balaban J connectivity index is 2.14. The van der Waals surface area contributed by atoms with E-state index < -0.39 is 0 Å². The predicted octanol–water partition coefficient (Wildman–Crippen LogP) is 1.83. The molecule has 1 unspecified atom stereocenters. The molecule has 4 heteroatoms. The highest BCUT2D eigenvalue weighted by Gasteiger charge is 2.24. The number of aromatic nitrogens is 2. The molecule has 0 amide bonds. The number of nitrogens with two attached hydrogens (primary N) is 1. The molecule has 0 fully saturated rings. The van der Waals surface area contributed by atoms with Gasteiger partial charge in [-0.15, -0.1) is 0 Å². The van der Waals surface area contributed by atoms with E-state index in [1.807, 2.05) is 35.1 Å². The molecule has 88 valence electrons. The van der Waals surface area contributed by atoms with E-state index in [1.165, 1.54) is 5.69 Å². The van der Waals surface area contributed by atoms with Gasteiger partial charge in [-0.05, 0) is 25.0 Å². The molecule has 2 aromatic rings. The van der Waals surface area contributed by atoms with Gasteiger partial charge in [0.2, 0.25) is 0 Å². The Morgan fingerprint density at radius 3 is 3.06 bits per heavy atom. The van der Waals surface area contributed by atoms with E-state index in [2.05, 4.69) is 5.10 Å². The first-order valence-corrected chi connectivity index (χ1v) is 5.77. The average Bonchev–Trinajstić information content (AvgIpc) is 2.93. The van der Waals surface area contributed by atoms with E-state index in [0.29, 0.717) is 0 Å². The number of ether oxygens (including phenoxy) is 1. The summed E-state index contributed by atoms with van der Waals surface area (Å²) < 4.78 is 7.31. The van der Waals surface area contributed by atoms with Gasteiger partial charge in [0.05, 0.1) is 13.3 Å². The molecule has 1 aliphatic carbocycles. The largest absolute Gasteiger partial charge is 0.494 e. The van der Waals surface area contributed by atoms with Gasteiger partial charge in [0, 0.05) is 17.3 Å². The molecule has 0 aliphatic heterocycles. The van der Waals surface area contributed by atoms with Gasteiger partial charge in [0.25, 0.3) is 0 Å². The lowest BCUT2D eigenvalue weighted by atomic mass is 10.2. The Labute approximate surface area is 100 Å². The zero-order chi connectivity index (χ0) is 11.8. The van der Waals surface area contributed by atoms with Crippen molar-refractivity contribution in [2.24, 2.45) is 5.73 Å². The predicted molar refractivity (Wildman–Crippen MR) is 65.4 cm³/mol. The molecular weight excluding hydrogens is 214 g/mol. The van der Waals surface area contributed by atoms with E-state index in [1.54, 1.807) is 7.11 Å². The van der Waals surface area contributed by atoms with Crippen LogP contribution >= 0.6 is 0 Å². The van der Waals surface area contributed by atoms with Crippen LogP contribution in [-0.2, 0) is 6.42 Å². The van der Waals surface area contributed by atoms with Crippen molar-refractivity contribution in [1.82, 2.24) is 9.78 Å². The van der Waals surface area contributed by atoms with Crippen LogP contribution in [0.3, 0.4) is 0 Å². The van der Waals surface area contributed by atoms with Crippen LogP contribution in [0.2, 0.25) is 0 Å². The standard InChI is InChI=1S/C13H15N3O/c1-17-13-5-3-2-4-12(13)16-11-7-6-10(14)9(11)8-15-16/h2-5,8,10H,6-7,14H2,1H3. The summed E-state index contributed by atoms with van der Waals surface area (Å²) in [5.74, 6) is 0.832. The van der Waals surface area contributed by atoms with Gasteiger partial charge in [-0.25, -0.2) is 4.68 Å². The lowest BCUT2D eigenvalue weighted by Gasteiger charge is -2.10. The number of nitrogens with zero attached hydrogens (tertiary/aromatic N) is 2. The van der Waals surface area contributed by atoms with Crippen molar-refractivity contribution in [2.75, 3.05) is 7.11 Å². The third-order valence-corrected chi connectivity index (χ3v) is 3.31. The van der Waals surface area contributed by atoms with Crippen LogP contribution in [0.25, 0.3) is 5.69 Å². The number of benzene rings is 1. The molecule has 0 saturated heterocycles. The highest BCUT2D eigenvalue weighted by Crippen LogP contribution is 2.32. The summed E-state index contributed by atoms with van der Waals surface area (Å²) >= 11 is 0. The maximum absolute atomic E-state index is 6.02. The summed E-state index contributed by atoms with van der Waals surface area (Å²) in [7, 11) is 1.67. The third kappa shape index (κ3) is 1.52. The van der Waals surface area contributed by atoms with Crippen molar-refractivity contribution in [3.05, 3.63) is 41.7 Å². The van der Waals surface area contributed by atoms with Crippen molar-refractivity contribution >= 4 is 0 Å². The minimum Gasteiger partial charge on any atom is -0.494 e. The van der Waals surface area contributed by atoms with Gasteiger partial charge in [-0.3, -0.25) is 0 Å². The summed E-state index contributed by atoms with van der Waals surface area (Å²) in [5, 5.41) is 4.42. The molecule has 1 aromatic carbocycles. The van der Waals surface area contributed by atoms with Crippen LogP contribution in [-0.4, -0.2) is 16.9 Å². The Morgan fingerprint density at radius 2 is 2.24 bits per heavy atom. The average molecular weight is 229 g/mol. The van der Waals surface area contributed by atoms with Crippen molar-refractivity contribution < 1.29 is 4.74 Å². The second-order valence-electron chi connectivity index (χ2n) is 4.28. The maximum Gasteiger partial charge on any atom is 0.144 e. The van der Waals surface area contributed by atoms with Crippen molar-refractivity contribution in [3.8, 4) is 11.4 Å². The summed E-state index contributed by atoms with van der Waals surface area (Å²) in [6.07, 6.45) is 3.86. The SMILES string of the molecule is COc1ccccc1-n1ncc2c1CCC2N. The number of hydrogen-bond acceptors (Lipinski definition) is 3. The molecule has 0 spiro atoms. The Kier molecular flexibility index (Phi) is 2.37. The van der Waals surface area contributed by atoms with Crippen LogP contribution < -0.4 is 10.5 Å². The highest BCUT2D eigenvalue weighted by atomic mass is 16.5. The zero-order valence-electron chi connectivity index (χ0n) is 9.76. The van der Waals surface area contributed by atoms with Crippen molar-refractivity contribution in [1.29, 1.82) is 0 Å². The van der Waals surface area contributed by atoms with Crippen LogP contribution in [0.15, 0.2) is 30.5 Å². The first kappa shape index (κ1) is 10.4. The Morgan fingerprint density at radius 1 is 1.41 bits per heavy atom. The Hall–Kier alpha value is -1.81. The number of hydrogen-bond donors (Lipinski definition) is 1. The monoisotopic (exact) mass is 229 g/mol. The summed E-state index contributed by atoms with van der Waals surface area (Å²) in [5.41, 5.74) is 9.37. The van der Waals surface area contributed by atoms with Crippen LogP contribution in [0.5, 0.6) is 5.75 Å². The first-order chi connectivity index (χ1) is 8.31. The number of rotatable bonds is 2. The second-order valence-corrected chi connectivity index (χ2v) is 4.28. The van der Waals surface area contributed by atoms with Crippen molar-refractivity contribution in [2.45, 2.75) is 18.9 Å². The highest BCUT2D eigenvalue weighted by molar-refractivity contribution is 5.48. The lowest BCUT2D eigenvalue weighted by molar-refractivity contribution is 0.411. The number of fused-ring (bicyclic) bond motifs is 1. The van der Waals surface area contributed by atoms with Crippen LogP contribution in [0.1, 0.15) is 23.7 Å². The Bertz CT molecular complexity index is 547. The minimum absolute atomic E-state index is 0.133. The van der Waals surface area contributed by atoms with Gasteiger partial charge in [-0.1, -0.05) is 12.1 Å². The van der Waals surface area contributed by atoms with E-state index in [-0.39, 0.29) is 6.04 Å². The fraction of sp³-hybridized carbons (Fsp3) is 0.308. The van der Waals surface area contributed by atoms with Gasteiger partial charge in [0.15, 0.2) is 0 Å². The first-order valence-electron chi connectivity index (χ1n) is 5.77. The van der Waals surface area contributed by atoms with Crippen LogP contribution in [0, 0.1) is 0 Å². The number of methoxy groups -OCH3 is 1. The molecule has 0 radical (unpaired) electrons. The third-order valence-electron chi connectivity index (χ3n) is 3.31. The van der Waals surface area contributed by atoms with Gasteiger partial charge in [0.1, 0.15) is 11.4 Å². The van der Waals surface area contributed by atoms with Gasteiger partial charge < -0.3 is 10.5 Å². The smallest absolute Gasteiger partial charge is 0.144 e. The lowest BCUT2D eigenvalue weighted by Crippen LogP contribution is -2.03. The normalized spacial score (nSPS) is 18.1. The summed E-state index contributed by atoms with van der Waals surface area (Å²) in [6, 6.07) is 8.03. The quantitative estimate of drug-likeness (QED) is 0.854. The molecule has 2 N–H and O–H groups in total. The fourth-order valence-electron chi connectivity index (χ4n) is 2.41. The fourth-order valence-corrected chi connectivity index (χ4v) is 2.41. The molecule has 3 rings (SSSR count). The van der Waals surface area contributed by atoms with E-state index >= 15 is 0 Å². The molecule has 1 aliphatic rings. The van der Waals surface area contributed by atoms with E-state index in [0.717, 1.165) is 29.8 Å². The van der Waals surface area contributed by atoms with Gasteiger partial charge >= 0.3 is 0 Å². The minimum atomic E-state index is 0.133. The maximum atomic E-state index is 6.02. The molecule has 17 heavy (non-hydrogen) atoms. The van der Waals surface area contributed by atoms with Gasteiger partial charge in [-0.2, -0.15) is 5.10 Å². The summed E-state index contributed by atoms with van der Waals surface area (Å²) in [4.78, 5) is 0. The molecule has 1 aromatic heterocycles. The number of para-hydroxylation sites is 2.